The summed E-state index contributed by atoms with van der Waals surface area (Å²) >= 11 is 0. The van der Waals surface area contributed by atoms with E-state index in [0.717, 1.165) is 64.2 Å². The number of ether oxygens (including phenoxy) is 6. The van der Waals surface area contributed by atoms with E-state index in [0.29, 0.717) is 12.8 Å². The van der Waals surface area contributed by atoms with Crippen LogP contribution >= 0.6 is 0 Å². The van der Waals surface area contributed by atoms with E-state index in [-0.39, 0.29) is 26.1 Å². The summed E-state index contributed by atoms with van der Waals surface area (Å²) in [5.41, 5.74) is 0. The highest BCUT2D eigenvalue weighted by molar-refractivity contribution is 5.70. The van der Waals surface area contributed by atoms with Crippen LogP contribution in [-0.2, 0) is 38.0 Å². The number of unbranched alkanes of at least 4 members (excludes halogenated alkanes) is 25. The second-order valence-corrected chi connectivity index (χ2v) is 19.4. The Morgan fingerprint density at radius 1 is 0.464 bits per heavy atom. The molecule has 0 aromatic heterocycles. The molecular weight excluding hydrogens is 889 g/mol. The lowest BCUT2D eigenvalue weighted by Crippen LogP contribution is -2.61. The Morgan fingerprint density at radius 2 is 0.870 bits per heavy atom. The minimum absolute atomic E-state index is 0.152. The normalized spacial score (nSPS) is 25.7. The molecule has 2 aliphatic rings. The Hall–Kier alpha value is -2.02. The summed E-state index contributed by atoms with van der Waals surface area (Å²) in [6.07, 6.45) is 26.3. The van der Waals surface area contributed by atoms with Gasteiger partial charge >= 0.3 is 11.9 Å². The van der Waals surface area contributed by atoms with E-state index in [9.17, 15) is 45.3 Å². The highest BCUT2D eigenvalue weighted by Crippen LogP contribution is 2.27. The molecule has 0 saturated carbocycles. The van der Waals surface area contributed by atoms with E-state index >= 15 is 0 Å². The average Bonchev–Trinajstić information content (AvgIpc) is 3.34. The highest BCUT2D eigenvalue weighted by Gasteiger charge is 2.47. The molecule has 0 aliphatic carbocycles. The molecule has 0 radical (unpaired) electrons. The van der Waals surface area contributed by atoms with Crippen LogP contribution in [0.15, 0.2) is 24.3 Å². The number of aliphatic hydroxyl groups is 7. The summed E-state index contributed by atoms with van der Waals surface area (Å²) in [5.74, 6) is -0.931. The van der Waals surface area contributed by atoms with Gasteiger partial charge < -0.3 is 64.2 Å². The van der Waals surface area contributed by atoms with E-state index in [4.69, 9.17) is 28.4 Å². The van der Waals surface area contributed by atoms with Gasteiger partial charge in [0.2, 0.25) is 0 Å². The van der Waals surface area contributed by atoms with Crippen molar-refractivity contribution in [3.8, 4) is 0 Å². The van der Waals surface area contributed by atoms with Gasteiger partial charge in [0.25, 0.3) is 0 Å². The first kappa shape index (κ1) is 63.1. The predicted octanol–water partition coefficient (Wildman–Crippen LogP) is 8.33. The molecular formula is C54H98O15. The molecule has 11 atom stereocenters. The molecule has 69 heavy (non-hydrogen) atoms. The molecule has 2 fully saturated rings. The molecule has 404 valence electrons. The van der Waals surface area contributed by atoms with Gasteiger partial charge in [-0.3, -0.25) is 9.59 Å². The van der Waals surface area contributed by atoms with Crippen LogP contribution in [0.2, 0.25) is 0 Å². The maximum atomic E-state index is 13.0. The second kappa shape index (κ2) is 41.5. The number of allylic oxidation sites excluding steroid dienone is 4. The molecule has 2 saturated heterocycles. The van der Waals surface area contributed by atoms with Gasteiger partial charge in [-0.1, -0.05) is 179 Å². The summed E-state index contributed by atoms with van der Waals surface area (Å²) in [6.45, 7) is 2.59. The third kappa shape index (κ3) is 29.3. The quantitative estimate of drug-likeness (QED) is 0.0173. The van der Waals surface area contributed by atoms with Gasteiger partial charge in [-0.2, -0.15) is 0 Å². The Balaban J connectivity index is 1.79. The van der Waals surface area contributed by atoms with E-state index in [1.54, 1.807) is 0 Å². The van der Waals surface area contributed by atoms with Crippen LogP contribution in [-0.4, -0.2) is 142 Å². The highest BCUT2D eigenvalue weighted by atomic mass is 16.7. The van der Waals surface area contributed by atoms with E-state index in [2.05, 4.69) is 38.2 Å². The molecule has 15 heteroatoms. The van der Waals surface area contributed by atoms with E-state index in [1.807, 2.05) is 0 Å². The molecule has 0 amide bonds. The van der Waals surface area contributed by atoms with Crippen molar-refractivity contribution in [3.05, 3.63) is 24.3 Å². The number of aliphatic hydroxyl groups excluding tert-OH is 7. The SMILES string of the molecule is CCCCCC/C=C\C/C=C\CCCCCCCC(=O)OC(COC(=O)CCCCCCCCCCCCCCCCCCC)COC1OC(COC2OC(CO)C(O)C(O)C2O)C(O)C(O)C1O. The number of rotatable bonds is 43. The molecule has 11 unspecified atom stereocenters. The standard InChI is InChI=1S/C54H98O15/c1-3-5-7-9-11-13-15-17-19-21-23-24-26-28-30-32-34-36-45(56)64-39-42(67-46(57)37-35-33-31-29-27-25-22-20-18-16-14-12-10-8-6-4-2)40-65-53-52(63)50(61)48(59)44(69-53)41-66-54-51(62)49(60)47(58)43(38-55)68-54/h14,16,20,22,42-44,47-55,58-63H,3-13,15,17-19,21,23-41H2,1-2H3/b16-14-,22-20-. The van der Waals surface area contributed by atoms with Gasteiger partial charge in [-0.15, -0.1) is 0 Å². The van der Waals surface area contributed by atoms with Crippen molar-refractivity contribution in [2.45, 2.75) is 280 Å². The number of carbonyl (C=O) groups is 2. The van der Waals surface area contributed by atoms with Crippen LogP contribution < -0.4 is 0 Å². The summed E-state index contributed by atoms with van der Waals surface area (Å²) in [4.78, 5) is 25.8. The van der Waals surface area contributed by atoms with Crippen molar-refractivity contribution in [1.29, 1.82) is 0 Å². The Morgan fingerprint density at radius 3 is 1.36 bits per heavy atom. The summed E-state index contributed by atoms with van der Waals surface area (Å²) in [7, 11) is 0. The summed E-state index contributed by atoms with van der Waals surface area (Å²) < 4.78 is 33.6. The zero-order valence-electron chi connectivity index (χ0n) is 42.8. The maximum absolute atomic E-state index is 13.0. The number of hydrogen-bond donors (Lipinski definition) is 7. The zero-order valence-corrected chi connectivity index (χ0v) is 42.8. The molecule has 0 bridgehead atoms. The fourth-order valence-corrected chi connectivity index (χ4v) is 8.66. The molecule has 15 nitrogen and oxygen atoms in total. The van der Waals surface area contributed by atoms with Crippen LogP contribution in [0.3, 0.4) is 0 Å². The van der Waals surface area contributed by atoms with E-state index in [1.165, 1.54) is 109 Å². The van der Waals surface area contributed by atoms with Crippen molar-refractivity contribution in [1.82, 2.24) is 0 Å². The first-order valence-corrected chi connectivity index (χ1v) is 27.4. The van der Waals surface area contributed by atoms with Crippen LogP contribution in [0, 0.1) is 0 Å². The predicted molar refractivity (Wildman–Crippen MR) is 266 cm³/mol. The van der Waals surface area contributed by atoms with Crippen LogP contribution in [0.1, 0.15) is 213 Å². The number of carbonyl (C=O) groups excluding carboxylic acids is 2. The van der Waals surface area contributed by atoms with Crippen LogP contribution in [0.25, 0.3) is 0 Å². The van der Waals surface area contributed by atoms with Crippen molar-refractivity contribution in [3.63, 3.8) is 0 Å². The maximum Gasteiger partial charge on any atom is 0.306 e. The topological polar surface area (TPSA) is 231 Å². The van der Waals surface area contributed by atoms with Gasteiger partial charge in [0.1, 0.15) is 55.4 Å². The Kier molecular flexibility index (Phi) is 37.9. The lowest BCUT2D eigenvalue weighted by atomic mass is 9.98. The third-order valence-corrected chi connectivity index (χ3v) is 13.2. The minimum Gasteiger partial charge on any atom is -0.462 e. The third-order valence-electron chi connectivity index (χ3n) is 13.2. The number of hydrogen-bond acceptors (Lipinski definition) is 15. The van der Waals surface area contributed by atoms with Gasteiger partial charge in [0.05, 0.1) is 19.8 Å². The fraction of sp³-hybridized carbons (Fsp3) is 0.889. The monoisotopic (exact) mass is 987 g/mol. The largest absolute Gasteiger partial charge is 0.462 e. The number of esters is 2. The summed E-state index contributed by atoms with van der Waals surface area (Å²) in [6, 6.07) is 0. The first-order valence-electron chi connectivity index (χ1n) is 27.4. The molecule has 7 N–H and O–H groups in total. The van der Waals surface area contributed by atoms with Gasteiger partial charge in [-0.25, -0.2) is 0 Å². The van der Waals surface area contributed by atoms with Gasteiger partial charge in [0, 0.05) is 12.8 Å². The van der Waals surface area contributed by atoms with Crippen molar-refractivity contribution in [2.24, 2.45) is 0 Å². The molecule has 0 spiro atoms. The molecule has 0 aromatic rings. The zero-order chi connectivity index (χ0) is 50.3. The van der Waals surface area contributed by atoms with Crippen molar-refractivity contribution in [2.75, 3.05) is 26.4 Å². The second-order valence-electron chi connectivity index (χ2n) is 19.4. The lowest BCUT2D eigenvalue weighted by molar-refractivity contribution is -0.332. The van der Waals surface area contributed by atoms with Gasteiger partial charge in [-0.05, 0) is 44.9 Å². The van der Waals surface area contributed by atoms with E-state index < -0.39 is 92.7 Å². The molecule has 2 heterocycles. The van der Waals surface area contributed by atoms with Crippen molar-refractivity contribution < 1.29 is 73.8 Å². The molecule has 2 rings (SSSR count). The van der Waals surface area contributed by atoms with Crippen molar-refractivity contribution >= 4 is 11.9 Å². The smallest absolute Gasteiger partial charge is 0.306 e. The van der Waals surface area contributed by atoms with Crippen LogP contribution in [0.4, 0.5) is 0 Å². The molecule has 2 aliphatic heterocycles. The Bertz CT molecular complexity index is 1300. The summed E-state index contributed by atoms with van der Waals surface area (Å²) in [5, 5.41) is 72.2. The average molecular weight is 987 g/mol. The molecule has 0 aromatic carbocycles. The Labute approximate surface area is 415 Å². The van der Waals surface area contributed by atoms with Crippen LogP contribution in [0.5, 0.6) is 0 Å². The minimum atomic E-state index is -1.77. The first-order chi connectivity index (χ1) is 33.5. The fourth-order valence-electron chi connectivity index (χ4n) is 8.66. The van der Waals surface area contributed by atoms with Gasteiger partial charge in [0.15, 0.2) is 18.7 Å². The lowest BCUT2D eigenvalue weighted by Gasteiger charge is -2.42.